The number of para-hydroxylation sites is 1. The van der Waals surface area contributed by atoms with Gasteiger partial charge in [-0.15, -0.1) is 0 Å². The number of halogens is 1. The number of sulfonamides is 1. The zero-order valence-corrected chi connectivity index (χ0v) is 19.6. The molecule has 0 aliphatic carbocycles. The minimum Gasteiger partial charge on any atom is -0.372 e. The first-order chi connectivity index (χ1) is 15.9. The molecule has 174 valence electrons. The fourth-order valence-electron chi connectivity index (χ4n) is 3.47. The van der Waals surface area contributed by atoms with Crippen molar-refractivity contribution in [3.63, 3.8) is 0 Å². The highest BCUT2D eigenvalue weighted by Crippen LogP contribution is 2.26. The minimum atomic E-state index is -4.15. The van der Waals surface area contributed by atoms with Gasteiger partial charge in [-0.3, -0.25) is 9.10 Å². The van der Waals surface area contributed by atoms with Crippen molar-refractivity contribution in [3.8, 4) is 0 Å². The van der Waals surface area contributed by atoms with Crippen LogP contribution in [0.3, 0.4) is 0 Å². The summed E-state index contributed by atoms with van der Waals surface area (Å²) in [6.45, 7) is 5.65. The monoisotopic (exact) mass is 469 g/mol. The normalized spacial score (nSPS) is 11.1. The van der Waals surface area contributed by atoms with E-state index in [9.17, 15) is 17.6 Å². The summed E-state index contributed by atoms with van der Waals surface area (Å²) in [5.74, 6) is -1.26. The molecule has 0 radical (unpaired) electrons. The first-order valence-corrected chi connectivity index (χ1v) is 12.2. The van der Waals surface area contributed by atoms with E-state index in [1.165, 1.54) is 30.3 Å². The molecule has 0 fully saturated rings. The van der Waals surface area contributed by atoms with Crippen molar-refractivity contribution in [2.45, 2.75) is 25.3 Å². The third kappa shape index (κ3) is 5.90. The van der Waals surface area contributed by atoms with Crippen LogP contribution in [0.15, 0.2) is 83.8 Å². The molecule has 0 aromatic heterocycles. The van der Waals surface area contributed by atoms with Gasteiger partial charge < -0.3 is 10.2 Å². The van der Waals surface area contributed by atoms with Crippen LogP contribution < -0.4 is 14.5 Å². The Bertz CT molecular complexity index is 1170. The summed E-state index contributed by atoms with van der Waals surface area (Å²) in [5.41, 5.74) is 1.79. The van der Waals surface area contributed by atoms with E-state index in [0.717, 1.165) is 34.7 Å². The number of amides is 1. The summed E-state index contributed by atoms with van der Waals surface area (Å²) < 4.78 is 41.8. The number of carbonyl (C=O) groups excluding carboxylic acids is 1. The quantitative estimate of drug-likeness (QED) is 0.484. The zero-order valence-electron chi connectivity index (χ0n) is 18.7. The highest BCUT2D eigenvalue weighted by molar-refractivity contribution is 7.92. The molecule has 33 heavy (non-hydrogen) atoms. The number of nitrogens with one attached hydrogen (secondary N) is 1. The Labute approximate surface area is 194 Å². The van der Waals surface area contributed by atoms with Crippen molar-refractivity contribution >= 4 is 27.3 Å². The van der Waals surface area contributed by atoms with E-state index in [1.807, 2.05) is 24.3 Å². The third-order valence-electron chi connectivity index (χ3n) is 5.29. The molecule has 6 nitrogen and oxygen atoms in total. The molecule has 1 amide bonds. The first kappa shape index (κ1) is 24.3. The number of benzene rings is 3. The Hall–Kier alpha value is -3.39. The second-order valence-electron chi connectivity index (χ2n) is 7.39. The lowest BCUT2D eigenvalue weighted by Crippen LogP contribution is -2.41. The van der Waals surface area contributed by atoms with E-state index in [1.54, 1.807) is 18.2 Å². The molecule has 3 rings (SSSR count). The van der Waals surface area contributed by atoms with Crippen LogP contribution in [0.25, 0.3) is 0 Å². The van der Waals surface area contributed by atoms with E-state index >= 15 is 0 Å². The molecule has 1 N–H and O–H groups in total. The second-order valence-corrected chi connectivity index (χ2v) is 9.25. The summed E-state index contributed by atoms with van der Waals surface area (Å²) in [5, 5.41) is 2.74. The van der Waals surface area contributed by atoms with Gasteiger partial charge in [0.25, 0.3) is 10.0 Å². The molecule has 0 bridgehead atoms. The number of hydrogen-bond donors (Lipinski definition) is 1. The average molecular weight is 470 g/mol. The van der Waals surface area contributed by atoms with Crippen LogP contribution in [-0.2, 0) is 21.4 Å². The summed E-state index contributed by atoms with van der Waals surface area (Å²) in [7, 11) is -4.15. The lowest BCUT2D eigenvalue weighted by atomic mass is 10.2. The Balaban J connectivity index is 1.77. The van der Waals surface area contributed by atoms with E-state index in [-0.39, 0.29) is 17.1 Å². The molecule has 0 saturated heterocycles. The van der Waals surface area contributed by atoms with E-state index in [0.29, 0.717) is 0 Å². The standard InChI is InChI=1S/C25H28FN3O3S/c1-3-28(4-2)21-16-14-20(15-17-21)18-27-25(30)19-29(24-13-9-8-12-23(24)26)33(31,32)22-10-6-5-7-11-22/h5-17H,3-4,18-19H2,1-2H3,(H,27,30). The lowest BCUT2D eigenvalue weighted by molar-refractivity contribution is -0.119. The molecule has 8 heteroatoms. The van der Waals surface area contributed by atoms with E-state index in [4.69, 9.17) is 0 Å². The Kier molecular flexibility index (Phi) is 8.06. The van der Waals surface area contributed by atoms with Gasteiger partial charge in [0.1, 0.15) is 12.4 Å². The molecule has 0 aliphatic heterocycles. The molecular formula is C25H28FN3O3S. The van der Waals surface area contributed by atoms with E-state index < -0.39 is 28.3 Å². The maximum absolute atomic E-state index is 14.5. The van der Waals surface area contributed by atoms with Crippen molar-refractivity contribution in [3.05, 3.63) is 90.2 Å². The van der Waals surface area contributed by atoms with Crippen LogP contribution in [-0.4, -0.2) is 34.0 Å². The first-order valence-electron chi connectivity index (χ1n) is 10.8. The number of nitrogens with zero attached hydrogens (tertiary/aromatic N) is 2. The average Bonchev–Trinajstić information content (AvgIpc) is 2.84. The van der Waals surface area contributed by atoms with Gasteiger partial charge in [0.15, 0.2) is 0 Å². The number of carbonyl (C=O) groups is 1. The molecule has 3 aromatic rings. The molecule has 0 spiro atoms. The molecular weight excluding hydrogens is 441 g/mol. The van der Waals surface area contributed by atoms with Gasteiger partial charge in [-0.25, -0.2) is 12.8 Å². The van der Waals surface area contributed by atoms with Crippen molar-refractivity contribution in [1.82, 2.24) is 5.32 Å². The fraction of sp³-hybridized carbons (Fsp3) is 0.240. The van der Waals surface area contributed by atoms with Crippen molar-refractivity contribution in [2.24, 2.45) is 0 Å². The molecule has 0 atom stereocenters. The molecule has 3 aromatic carbocycles. The second kappa shape index (κ2) is 11.0. The molecule has 0 aliphatic rings. The van der Waals surface area contributed by atoms with Gasteiger partial charge in [0, 0.05) is 25.3 Å². The Morgan fingerprint density at radius 1 is 0.879 bits per heavy atom. The van der Waals surface area contributed by atoms with Crippen LogP contribution in [0.2, 0.25) is 0 Å². The highest BCUT2D eigenvalue weighted by atomic mass is 32.2. The van der Waals surface area contributed by atoms with Gasteiger partial charge in [0.2, 0.25) is 5.91 Å². The van der Waals surface area contributed by atoms with Crippen LogP contribution >= 0.6 is 0 Å². The smallest absolute Gasteiger partial charge is 0.264 e. The van der Waals surface area contributed by atoms with Crippen LogP contribution in [0.4, 0.5) is 15.8 Å². The maximum atomic E-state index is 14.5. The minimum absolute atomic E-state index is 0.0203. The van der Waals surface area contributed by atoms with Crippen LogP contribution in [0.5, 0.6) is 0 Å². The predicted octanol–water partition coefficient (Wildman–Crippen LogP) is 4.18. The lowest BCUT2D eigenvalue weighted by Gasteiger charge is -2.24. The molecule has 0 unspecified atom stereocenters. The largest absolute Gasteiger partial charge is 0.372 e. The molecule has 0 heterocycles. The number of rotatable bonds is 10. The number of hydrogen-bond acceptors (Lipinski definition) is 4. The molecule has 0 saturated carbocycles. The van der Waals surface area contributed by atoms with Gasteiger partial charge in [-0.1, -0.05) is 42.5 Å². The topological polar surface area (TPSA) is 69.7 Å². The predicted molar refractivity (Wildman–Crippen MR) is 129 cm³/mol. The fourth-order valence-corrected chi connectivity index (χ4v) is 4.92. The van der Waals surface area contributed by atoms with Crippen molar-refractivity contribution < 1.29 is 17.6 Å². The summed E-state index contributed by atoms with van der Waals surface area (Å²) in [4.78, 5) is 14.9. The van der Waals surface area contributed by atoms with Gasteiger partial charge in [-0.05, 0) is 55.8 Å². The third-order valence-corrected chi connectivity index (χ3v) is 7.07. The van der Waals surface area contributed by atoms with Crippen molar-refractivity contribution in [1.29, 1.82) is 0 Å². The zero-order chi connectivity index (χ0) is 23.8. The Morgan fingerprint density at radius 3 is 2.09 bits per heavy atom. The van der Waals surface area contributed by atoms with Gasteiger partial charge >= 0.3 is 0 Å². The number of anilines is 2. The summed E-state index contributed by atoms with van der Waals surface area (Å²) >= 11 is 0. The SMILES string of the molecule is CCN(CC)c1ccc(CNC(=O)CN(c2ccccc2F)S(=O)(=O)c2ccccc2)cc1. The van der Waals surface area contributed by atoms with Crippen molar-refractivity contribution in [2.75, 3.05) is 28.8 Å². The summed E-state index contributed by atoms with van der Waals surface area (Å²) in [6, 6.07) is 21.0. The van der Waals surface area contributed by atoms with Crippen LogP contribution in [0, 0.1) is 5.82 Å². The van der Waals surface area contributed by atoms with Crippen LogP contribution in [0.1, 0.15) is 19.4 Å². The Morgan fingerprint density at radius 2 is 1.48 bits per heavy atom. The van der Waals surface area contributed by atoms with Gasteiger partial charge in [0.05, 0.1) is 10.6 Å². The summed E-state index contributed by atoms with van der Waals surface area (Å²) in [6.07, 6.45) is 0. The highest BCUT2D eigenvalue weighted by Gasteiger charge is 2.28. The maximum Gasteiger partial charge on any atom is 0.264 e. The van der Waals surface area contributed by atoms with Gasteiger partial charge in [-0.2, -0.15) is 0 Å². The van der Waals surface area contributed by atoms with E-state index in [2.05, 4.69) is 24.1 Å².